The van der Waals surface area contributed by atoms with Crippen molar-refractivity contribution in [2.24, 2.45) is 0 Å². The number of rotatable bonds is 7. The fourth-order valence-corrected chi connectivity index (χ4v) is 3.82. The van der Waals surface area contributed by atoms with Crippen LogP contribution in [0.15, 0.2) is 52.9 Å². The van der Waals surface area contributed by atoms with Gasteiger partial charge in [-0.25, -0.2) is 0 Å². The highest BCUT2D eigenvalue weighted by Gasteiger charge is 2.24. The van der Waals surface area contributed by atoms with Crippen molar-refractivity contribution in [3.8, 4) is 17.2 Å². The number of aromatic nitrogens is 2. The highest BCUT2D eigenvalue weighted by Crippen LogP contribution is 2.19. The van der Waals surface area contributed by atoms with Crippen LogP contribution in [0.25, 0.3) is 11.5 Å². The lowest BCUT2D eigenvalue weighted by Gasteiger charge is -2.32. The molecule has 0 saturated carbocycles. The molecule has 0 aliphatic carbocycles. The molecule has 3 aromatic rings. The molecule has 4 rings (SSSR count). The molecule has 0 radical (unpaired) electrons. The number of ether oxygens (including phenoxy) is 1. The van der Waals surface area contributed by atoms with Crippen LogP contribution in [-0.4, -0.2) is 54.3 Å². The van der Waals surface area contributed by atoms with Crippen LogP contribution in [0, 0.1) is 6.92 Å². The van der Waals surface area contributed by atoms with E-state index in [1.54, 1.807) is 7.11 Å². The number of hydrogen-bond donors (Lipinski definition) is 1. The minimum absolute atomic E-state index is 0.151. The average Bonchev–Trinajstić information content (AvgIpc) is 3.28. The Balaban J connectivity index is 1.22. The largest absolute Gasteiger partial charge is 0.497 e. The number of aryl methyl sites for hydroxylation is 2. The normalized spacial score (nSPS) is 14.6. The topological polar surface area (TPSA) is 72.9 Å². The molecule has 1 saturated heterocycles. The van der Waals surface area contributed by atoms with E-state index in [0.29, 0.717) is 24.6 Å². The first-order valence-corrected chi connectivity index (χ1v) is 10.7. The first kappa shape index (κ1) is 21.1. The first-order valence-electron chi connectivity index (χ1n) is 10.7. The summed E-state index contributed by atoms with van der Waals surface area (Å²) < 4.78 is 11.0. The van der Waals surface area contributed by atoms with Gasteiger partial charge >= 0.3 is 0 Å². The van der Waals surface area contributed by atoms with Crippen molar-refractivity contribution in [1.29, 1.82) is 0 Å². The Morgan fingerprint density at radius 3 is 2.45 bits per heavy atom. The summed E-state index contributed by atoms with van der Waals surface area (Å²) in [6.07, 6.45) is 0.861. The Labute approximate surface area is 182 Å². The number of piperazine rings is 1. The number of carbonyl (C=O) groups excluding carboxylic acids is 1. The summed E-state index contributed by atoms with van der Waals surface area (Å²) in [6, 6.07) is 16.2. The predicted octanol–water partition coefficient (Wildman–Crippen LogP) is 1.91. The number of nitrogens with zero attached hydrogens (tertiary/aromatic N) is 3. The van der Waals surface area contributed by atoms with E-state index in [4.69, 9.17) is 9.15 Å². The maximum absolute atomic E-state index is 12.6. The van der Waals surface area contributed by atoms with Gasteiger partial charge in [0.1, 0.15) is 12.3 Å². The maximum Gasteiger partial charge on any atom is 0.247 e. The molecular formula is C24H29N4O3+. The minimum atomic E-state index is 0.151. The molecule has 0 unspecified atom stereocenters. The fourth-order valence-electron chi connectivity index (χ4n) is 3.82. The number of quaternary nitrogens is 1. The van der Waals surface area contributed by atoms with Crippen molar-refractivity contribution in [3.05, 3.63) is 65.5 Å². The van der Waals surface area contributed by atoms with Gasteiger partial charge in [0, 0.05) is 24.0 Å². The maximum atomic E-state index is 12.6. The van der Waals surface area contributed by atoms with Gasteiger partial charge in [0.25, 0.3) is 0 Å². The van der Waals surface area contributed by atoms with Crippen LogP contribution < -0.4 is 9.64 Å². The van der Waals surface area contributed by atoms with Gasteiger partial charge in [0.2, 0.25) is 17.7 Å². The lowest BCUT2D eigenvalue weighted by atomic mass is 10.1. The number of amides is 1. The highest BCUT2D eigenvalue weighted by atomic mass is 16.5. The smallest absolute Gasteiger partial charge is 0.247 e. The number of methoxy groups -OCH3 is 1. The Morgan fingerprint density at radius 1 is 1.06 bits per heavy atom. The Bertz CT molecular complexity index is 990. The van der Waals surface area contributed by atoms with Crippen molar-refractivity contribution in [2.75, 3.05) is 33.3 Å². The Hall–Kier alpha value is -3.19. The molecule has 0 atom stereocenters. The van der Waals surface area contributed by atoms with Gasteiger partial charge in [-0.05, 0) is 43.3 Å². The van der Waals surface area contributed by atoms with E-state index in [0.717, 1.165) is 44.0 Å². The highest BCUT2D eigenvalue weighted by molar-refractivity contribution is 5.76. The molecule has 0 spiro atoms. The molecular weight excluding hydrogens is 392 g/mol. The third-order valence-corrected chi connectivity index (χ3v) is 5.75. The molecule has 1 aromatic heterocycles. The number of benzene rings is 2. The average molecular weight is 422 g/mol. The molecule has 2 aromatic carbocycles. The van der Waals surface area contributed by atoms with Gasteiger partial charge in [-0.15, -0.1) is 10.2 Å². The summed E-state index contributed by atoms with van der Waals surface area (Å²) in [5.41, 5.74) is 3.36. The zero-order valence-electron chi connectivity index (χ0n) is 18.1. The molecule has 1 amide bonds. The van der Waals surface area contributed by atoms with E-state index in [2.05, 4.69) is 22.3 Å². The third-order valence-electron chi connectivity index (χ3n) is 5.75. The van der Waals surface area contributed by atoms with Crippen LogP contribution in [0.4, 0.5) is 0 Å². The van der Waals surface area contributed by atoms with Crippen LogP contribution >= 0.6 is 0 Å². The number of carbonyl (C=O) groups is 1. The van der Waals surface area contributed by atoms with Gasteiger partial charge in [0.15, 0.2) is 0 Å². The SMILES string of the molecule is COc1ccc(C[NH+]2CCN(C(=O)CCc3nnc(-c4ccc(C)cc4)o3)CC2)cc1. The van der Waals surface area contributed by atoms with Gasteiger partial charge in [-0.3, -0.25) is 4.79 Å². The Morgan fingerprint density at radius 2 is 1.77 bits per heavy atom. The van der Waals surface area contributed by atoms with E-state index in [1.807, 2.05) is 48.2 Å². The second-order valence-corrected chi connectivity index (χ2v) is 8.02. The monoisotopic (exact) mass is 421 g/mol. The molecule has 1 N–H and O–H groups in total. The quantitative estimate of drug-likeness (QED) is 0.631. The van der Waals surface area contributed by atoms with Crippen molar-refractivity contribution < 1.29 is 18.8 Å². The first-order chi connectivity index (χ1) is 15.1. The van der Waals surface area contributed by atoms with E-state index >= 15 is 0 Å². The van der Waals surface area contributed by atoms with E-state index < -0.39 is 0 Å². The summed E-state index contributed by atoms with van der Waals surface area (Å²) in [7, 11) is 1.68. The van der Waals surface area contributed by atoms with Crippen molar-refractivity contribution in [1.82, 2.24) is 15.1 Å². The van der Waals surface area contributed by atoms with E-state index in [9.17, 15) is 4.79 Å². The standard InChI is InChI=1S/C24H28N4O3/c1-18-3-7-20(8-4-18)24-26-25-22(31-24)11-12-23(29)28-15-13-27(14-16-28)17-19-5-9-21(30-2)10-6-19/h3-10H,11-17H2,1-2H3/p+1. The summed E-state index contributed by atoms with van der Waals surface area (Å²) in [6.45, 7) is 6.47. The van der Waals surface area contributed by atoms with Crippen molar-refractivity contribution in [3.63, 3.8) is 0 Å². The lowest BCUT2D eigenvalue weighted by molar-refractivity contribution is -0.917. The minimum Gasteiger partial charge on any atom is -0.497 e. The molecule has 162 valence electrons. The van der Waals surface area contributed by atoms with Crippen LogP contribution in [0.3, 0.4) is 0 Å². The summed E-state index contributed by atoms with van der Waals surface area (Å²) in [5, 5.41) is 8.22. The summed E-state index contributed by atoms with van der Waals surface area (Å²) in [5.74, 6) is 2.03. The molecule has 0 bridgehead atoms. The van der Waals surface area contributed by atoms with E-state index in [-0.39, 0.29) is 5.91 Å². The Kier molecular flexibility index (Phi) is 6.62. The summed E-state index contributed by atoms with van der Waals surface area (Å²) >= 11 is 0. The number of hydrogen-bond acceptors (Lipinski definition) is 5. The van der Waals surface area contributed by atoms with Crippen LogP contribution in [-0.2, 0) is 17.8 Å². The fraction of sp³-hybridized carbons (Fsp3) is 0.375. The van der Waals surface area contributed by atoms with E-state index in [1.165, 1.54) is 16.0 Å². The molecule has 7 nitrogen and oxygen atoms in total. The lowest BCUT2D eigenvalue weighted by Crippen LogP contribution is -3.13. The van der Waals surface area contributed by atoms with Crippen LogP contribution in [0.2, 0.25) is 0 Å². The van der Waals surface area contributed by atoms with Gasteiger partial charge in [-0.2, -0.15) is 0 Å². The van der Waals surface area contributed by atoms with Crippen LogP contribution in [0.1, 0.15) is 23.4 Å². The van der Waals surface area contributed by atoms with Gasteiger partial charge < -0.3 is 19.0 Å². The molecule has 1 fully saturated rings. The number of nitrogens with one attached hydrogen (secondary N) is 1. The molecule has 2 heterocycles. The van der Waals surface area contributed by atoms with Gasteiger partial charge in [0.05, 0.1) is 33.3 Å². The van der Waals surface area contributed by atoms with Crippen molar-refractivity contribution >= 4 is 5.91 Å². The summed E-state index contributed by atoms with van der Waals surface area (Å²) in [4.78, 5) is 16.1. The molecule has 1 aliphatic rings. The molecule has 31 heavy (non-hydrogen) atoms. The molecule has 1 aliphatic heterocycles. The second-order valence-electron chi connectivity index (χ2n) is 8.02. The predicted molar refractivity (Wildman–Crippen MR) is 117 cm³/mol. The zero-order valence-corrected chi connectivity index (χ0v) is 18.1. The van der Waals surface area contributed by atoms with Crippen molar-refractivity contribution in [2.45, 2.75) is 26.3 Å². The second kappa shape index (κ2) is 9.75. The van der Waals surface area contributed by atoms with Crippen LogP contribution in [0.5, 0.6) is 5.75 Å². The van der Waals surface area contributed by atoms with Gasteiger partial charge in [-0.1, -0.05) is 17.7 Å². The zero-order chi connectivity index (χ0) is 21.6. The molecule has 7 heteroatoms. The third kappa shape index (κ3) is 5.49.